The van der Waals surface area contributed by atoms with Gasteiger partial charge in [-0.15, -0.1) is 0 Å². The third kappa shape index (κ3) is 5.15. The highest BCUT2D eigenvalue weighted by atomic mass is 16.6. The number of aromatic nitrogens is 2. The number of morpholine rings is 1. The van der Waals surface area contributed by atoms with Gasteiger partial charge < -0.3 is 19.1 Å². The van der Waals surface area contributed by atoms with E-state index in [0.29, 0.717) is 30.1 Å². The largest absolute Gasteiger partial charge is 0.493 e. The Hall–Kier alpha value is -3.44. The minimum absolute atomic E-state index is 0.130. The SMILES string of the molecule is COc1ccc(CN(CCCN2CCOCC2)c2ccc([N+](=O)[O-])c3nonc23)cc1OC. The van der Waals surface area contributed by atoms with Gasteiger partial charge in [0.2, 0.25) is 5.52 Å². The van der Waals surface area contributed by atoms with Gasteiger partial charge in [0.15, 0.2) is 17.0 Å². The van der Waals surface area contributed by atoms with E-state index in [0.717, 1.165) is 50.5 Å². The molecule has 0 saturated carbocycles. The van der Waals surface area contributed by atoms with Crippen LogP contribution in [0.25, 0.3) is 11.0 Å². The fourth-order valence-corrected chi connectivity index (χ4v) is 4.04. The van der Waals surface area contributed by atoms with Crippen molar-refractivity contribution >= 4 is 22.4 Å². The van der Waals surface area contributed by atoms with Gasteiger partial charge in [0, 0.05) is 38.8 Å². The lowest BCUT2D eigenvalue weighted by atomic mass is 10.1. The Kier molecular flexibility index (Phi) is 7.20. The van der Waals surface area contributed by atoms with Gasteiger partial charge in [0.05, 0.1) is 38.0 Å². The topological polar surface area (TPSA) is 116 Å². The monoisotopic (exact) mass is 457 g/mol. The van der Waals surface area contributed by atoms with Crippen molar-refractivity contribution in [3.63, 3.8) is 0 Å². The molecule has 2 heterocycles. The number of ether oxygens (including phenoxy) is 3. The zero-order chi connectivity index (χ0) is 23.2. The second kappa shape index (κ2) is 10.5. The molecule has 176 valence electrons. The minimum atomic E-state index is -0.479. The number of rotatable bonds is 10. The maximum atomic E-state index is 11.4. The van der Waals surface area contributed by atoms with Gasteiger partial charge in [-0.3, -0.25) is 15.0 Å². The molecule has 1 aromatic heterocycles. The fraction of sp³-hybridized carbons (Fsp3) is 0.455. The van der Waals surface area contributed by atoms with Gasteiger partial charge >= 0.3 is 5.69 Å². The number of hydrogen-bond acceptors (Lipinski definition) is 10. The molecule has 11 heteroatoms. The Morgan fingerprint density at radius 3 is 2.58 bits per heavy atom. The van der Waals surface area contributed by atoms with E-state index in [9.17, 15) is 10.1 Å². The average molecular weight is 457 g/mol. The van der Waals surface area contributed by atoms with E-state index in [1.807, 2.05) is 18.2 Å². The van der Waals surface area contributed by atoms with Gasteiger partial charge in [-0.1, -0.05) is 6.07 Å². The first-order chi connectivity index (χ1) is 16.1. The van der Waals surface area contributed by atoms with Crippen molar-refractivity contribution in [2.45, 2.75) is 13.0 Å². The van der Waals surface area contributed by atoms with Crippen molar-refractivity contribution in [2.24, 2.45) is 0 Å². The van der Waals surface area contributed by atoms with E-state index in [2.05, 4.69) is 20.1 Å². The molecule has 1 aliphatic rings. The summed E-state index contributed by atoms with van der Waals surface area (Å²) in [6.45, 7) is 5.54. The molecule has 1 aliphatic heterocycles. The predicted molar refractivity (Wildman–Crippen MR) is 121 cm³/mol. The van der Waals surface area contributed by atoms with E-state index < -0.39 is 4.92 Å². The summed E-state index contributed by atoms with van der Waals surface area (Å²) < 4.78 is 21.1. The van der Waals surface area contributed by atoms with E-state index >= 15 is 0 Å². The van der Waals surface area contributed by atoms with E-state index in [4.69, 9.17) is 18.8 Å². The van der Waals surface area contributed by atoms with Crippen molar-refractivity contribution in [3.8, 4) is 11.5 Å². The summed E-state index contributed by atoms with van der Waals surface area (Å²) in [6.07, 6.45) is 0.900. The van der Waals surface area contributed by atoms with Crippen LogP contribution in [0.4, 0.5) is 11.4 Å². The van der Waals surface area contributed by atoms with E-state index in [1.165, 1.54) is 6.07 Å². The molecule has 0 radical (unpaired) electrons. The zero-order valence-corrected chi connectivity index (χ0v) is 18.7. The number of anilines is 1. The number of nitro benzene ring substituents is 1. The Bertz CT molecular complexity index is 1100. The lowest BCUT2D eigenvalue weighted by Gasteiger charge is -2.29. The Balaban J connectivity index is 1.61. The van der Waals surface area contributed by atoms with Gasteiger partial charge in [-0.25, -0.2) is 4.63 Å². The number of nitro groups is 1. The summed E-state index contributed by atoms with van der Waals surface area (Å²) >= 11 is 0. The number of benzene rings is 2. The summed E-state index contributed by atoms with van der Waals surface area (Å²) in [7, 11) is 3.20. The molecule has 0 spiro atoms. The molecule has 1 fully saturated rings. The van der Waals surface area contributed by atoms with Crippen LogP contribution in [0.1, 0.15) is 12.0 Å². The second-order valence-corrected chi connectivity index (χ2v) is 7.74. The lowest BCUT2D eigenvalue weighted by molar-refractivity contribution is -0.383. The van der Waals surface area contributed by atoms with Crippen molar-refractivity contribution in [2.75, 3.05) is 58.5 Å². The molecule has 2 aromatic carbocycles. The molecule has 1 saturated heterocycles. The predicted octanol–water partition coefficient (Wildman–Crippen LogP) is 2.88. The van der Waals surface area contributed by atoms with Crippen LogP contribution >= 0.6 is 0 Å². The van der Waals surface area contributed by atoms with Crippen LogP contribution in [0.15, 0.2) is 35.0 Å². The molecule has 0 bridgehead atoms. The first kappa shape index (κ1) is 22.7. The van der Waals surface area contributed by atoms with Crippen molar-refractivity contribution in [3.05, 3.63) is 46.0 Å². The molecule has 0 aliphatic carbocycles. The second-order valence-electron chi connectivity index (χ2n) is 7.74. The quantitative estimate of drug-likeness (QED) is 0.332. The van der Waals surface area contributed by atoms with E-state index in [1.54, 1.807) is 20.3 Å². The van der Waals surface area contributed by atoms with Gasteiger partial charge in [-0.2, -0.15) is 0 Å². The Morgan fingerprint density at radius 1 is 1.09 bits per heavy atom. The zero-order valence-electron chi connectivity index (χ0n) is 18.7. The van der Waals surface area contributed by atoms with Crippen LogP contribution in [0.3, 0.4) is 0 Å². The van der Waals surface area contributed by atoms with Crippen LogP contribution in [0, 0.1) is 10.1 Å². The number of methoxy groups -OCH3 is 2. The first-order valence-electron chi connectivity index (χ1n) is 10.8. The third-order valence-corrected chi connectivity index (χ3v) is 5.74. The van der Waals surface area contributed by atoms with Gasteiger partial charge in [0.1, 0.15) is 0 Å². The number of fused-ring (bicyclic) bond motifs is 1. The van der Waals surface area contributed by atoms with Crippen molar-refractivity contribution in [1.29, 1.82) is 0 Å². The van der Waals surface area contributed by atoms with Gasteiger partial charge in [0.25, 0.3) is 0 Å². The molecular weight excluding hydrogens is 430 g/mol. The summed E-state index contributed by atoms with van der Waals surface area (Å²) in [6, 6.07) is 8.92. The lowest BCUT2D eigenvalue weighted by Crippen LogP contribution is -2.38. The van der Waals surface area contributed by atoms with Crippen molar-refractivity contribution < 1.29 is 23.8 Å². The minimum Gasteiger partial charge on any atom is -0.493 e. The first-order valence-corrected chi connectivity index (χ1v) is 10.8. The maximum absolute atomic E-state index is 11.4. The number of non-ortho nitro benzene ring substituents is 1. The highest BCUT2D eigenvalue weighted by molar-refractivity contribution is 5.93. The molecule has 0 unspecified atom stereocenters. The Morgan fingerprint density at radius 2 is 1.85 bits per heavy atom. The highest BCUT2D eigenvalue weighted by Gasteiger charge is 2.23. The summed E-state index contributed by atoms with van der Waals surface area (Å²) in [4.78, 5) is 15.4. The molecular formula is C22H27N5O6. The third-order valence-electron chi connectivity index (χ3n) is 5.74. The highest BCUT2D eigenvalue weighted by Crippen LogP contribution is 2.33. The summed E-state index contributed by atoms with van der Waals surface area (Å²) in [5.41, 5.74) is 2.11. The molecule has 3 aromatic rings. The Labute approximate surface area is 190 Å². The smallest absolute Gasteiger partial charge is 0.300 e. The van der Waals surface area contributed by atoms with Crippen LogP contribution in [-0.4, -0.2) is 73.7 Å². The van der Waals surface area contributed by atoms with Crippen LogP contribution in [-0.2, 0) is 11.3 Å². The van der Waals surface area contributed by atoms with Gasteiger partial charge in [-0.05, 0) is 40.5 Å². The molecule has 4 rings (SSSR count). The molecule has 0 amide bonds. The normalized spacial score (nSPS) is 14.4. The van der Waals surface area contributed by atoms with Crippen LogP contribution in [0.2, 0.25) is 0 Å². The number of nitrogens with zero attached hydrogens (tertiary/aromatic N) is 5. The summed E-state index contributed by atoms with van der Waals surface area (Å²) in [5.74, 6) is 1.29. The molecule has 11 nitrogen and oxygen atoms in total. The average Bonchev–Trinajstić information content (AvgIpc) is 3.33. The molecule has 0 atom stereocenters. The number of hydrogen-bond donors (Lipinski definition) is 0. The van der Waals surface area contributed by atoms with Crippen LogP contribution < -0.4 is 14.4 Å². The standard InChI is InChI=1S/C22H27N5O6/c1-30-19-7-4-16(14-20(19)31-2)15-26(9-3-8-25-10-12-32-13-11-25)17-5-6-18(27(28)29)22-21(17)23-33-24-22/h4-7,14H,3,8-13,15H2,1-2H3. The summed E-state index contributed by atoms with van der Waals surface area (Å²) in [5, 5.41) is 19.2. The fourth-order valence-electron chi connectivity index (χ4n) is 4.04. The maximum Gasteiger partial charge on any atom is 0.300 e. The molecule has 0 N–H and O–H groups in total. The molecule has 33 heavy (non-hydrogen) atoms. The van der Waals surface area contributed by atoms with Crippen molar-refractivity contribution in [1.82, 2.24) is 15.2 Å². The van der Waals surface area contributed by atoms with E-state index in [-0.39, 0.29) is 11.2 Å². The van der Waals surface area contributed by atoms with Crippen LogP contribution in [0.5, 0.6) is 11.5 Å².